The number of Topliss-reactive ketones (excluding diaryl/α,β-unsaturated/α-hetero) is 1. The van der Waals surface area contributed by atoms with Crippen molar-refractivity contribution in [1.82, 2.24) is 4.90 Å². The van der Waals surface area contributed by atoms with Gasteiger partial charge in [-0.2, -0.15) is 0 Å². The van der Waals surface area contributed by atoms with E-state index in [4.69, 9.17) is 9.16 Å². The standard InChI is InChI=1S/C25H35NO5SSi/c1-25(2,3)33(4,5)31-22-10-12-23(13-11-22)32(28,29)19-24(27)21-8-6-20(7-9-21)18-26-14-16-30-17-15-26/h6-13H,14-19H2,1-5H3. The molecule has 1 saturated heterocycles. The highest BCUT2D eigenvalue weighted by atomic mass is 32.2. The van der Waals surface area contributed by atoms with Crippen LogP contribution in [0.25, 0.3) is 0 Å². The van der Waals surface area contributed by atoms with E-state index >= 15 is 0 Å². The topological polar surface area (TPSA) is 72.9 Å². The minimum atomic E-state index is -3.75. The van der Waals surface area contributed by atoms with Gasteiger partial charge in [-0.05, 0) is 48.0 Å². The minimum Gasteiger partial charge on any atom is -0.544 e. The Bertz CT molecular complexity index is 1050. The van der Waals surface area contributed by atoms with Crippen molar-refractivity contribution in [3.05, 3.63) is 59.7 Å². The maximum atomic E-state index is 12.8. The molecule has 6 nitrogen and oxygen atoms in total. The molecule has 0 unspecified atom stereocenters. The highest BCUT2D eigenvalue weighted by Gasteiger charge is 2.39. The molecular formula is C25H35NO5SSi. The number of ether oxygens (including phenoxy) is 1. The van der Waals surface area contributed by atoms with Gasteiger partial charge in [-0.3, -0.25) is 9.69 Å². The summed E-state index contributed by atoms with van der Waals surface area (Å²) >= 11 is 0. The number of hydrogen-bond acceptors (Lipinski definition) is 6. The van der Waals surface area contributed by atoms with Crippen LogP contribution in [0.4, 0.5) is 0 Å². The van der Waals surface area contributed by atoms with E-state index in [9.17, 15) is 13.2 Å². The molecule has 1 aliphatic heterocycles. The highest BCUT2D eigenvalue weighted by Crippen LogP contribution is 2.37. The van der Waals surface area contributed by atoms with Crippen molar-refractivity contribution in [3.63, 3.8) is 0 Å². The second-order valence-electron chi connectivity index (χ2n) is 10.1. The van der Waals surface area contributed by atoms with Crippen LogP contribution in [-0.4, -0.2) is 59.5 Å². The van der Waals surface area contributed by atoms with E-state index < -0.39 is 29.7 Å². The molecule has 0 spiro atoms. The number of carbonyl (C=O) groups is 1. The van der Waals surface area contributed by atoms with Gasteiger partial charge in [-0.1, -0.05) is 45.0 Å². The first-order valence-corrected chi connectivity index (χ1v) is 15.9. The van der Waals surface area contributed by atoms with Crippen molar-refractivity contribution < 1.29 is 22.4 Å². The Morgan fingerprint density at radius 1 is 1.00 bits per heavy atom. The smallest absolute Gasteiger partial charge is 0.250 e. The molecule has 0 amide bonds. The van der Waals surface area contributed by atoms with Crippen molar-refractivity contribution in [1.29, 1.82) is 0 Å². The van der Waals surface area contributed by atoms with Crippen LogP contribution in [0, 0.1) is 0 Å². The average molecular weight is 490 g/mol. The molecule has 1 aliphatic rings. The molecule has 3 rings (SSSR count). The summed E-state index contributed by atoms with van der Waals surface area (Å²) in [4.78, 5) is 15.1. The second kappa shape index (κ2) is 10.1. The molecule has 0 radical (unpaired) electrons. The Kier molecular flexibility index (Phi) is 7.83. The fourth-order valence-corrected chi connectivity index (χ4v) is 5.58. The van der Waals surface area contributed by atoms with E-state index in [2.05, 4.69) is 38.8 Å². The van der Waals surface area contributed by atoms with Crippen LogP contribution in [0.5, 0.6) is 5.75 Å². The van der Waals surface area contributed by atoms with E-state index in [0.29, 0.717) is 11.3 Å². The van der Waals surface area contributed by atoms with E-state index in [1.165, 1.54) is 12.1 Å². The lowest BCUT2D eigenvalue weighted by atomic mass is 10.1. The summed E-state index contributed by atoms with van der Waals surface area (Å²) in [7, 11) is -5.76. The maximum absolute atomic E-state index is 12.8. The van der Waals surface area contributed by atoms with Gasteiger partial charge in [0.05, 0.1) is 18.1 Å². The number of hydrogen-bond donors (Lipinski definition) is 0. The third-order valence-electron chi connectivity index (χ3n) is 6.47. The highest BCUT2D eigenvalue weighted by molar-refractivity contribution is 7.92. The van der Waals surface area contributed by atoms with Crippen LogP contribution in [0.2, 0.25) is 18.1 Å². The molecule has 180 valence electrons. The lowest BCUT2D eigenvalue weighted by Gasteiger charge is -2.36. The van der Waals surface area contributed by atoms with Crippen LogP contribution in [0.1, 0.15) is 36.7 Å². The molecule has 1 heterocycles. The lowest BCUT2D eigenvalue weighted by molar-refractivity contribution is 0.0342. The number of rotatable bonds is 8. The quantitative estimate of drug-likeness (QED) is 0.400. The van der Waals surface area contributed by atoms with Gasteiger partial charge in [0.15, 0.2) is 15.6 Å². The summed E-state index contributed by atoms with van der Waals surface area (Å²) in [5.74, 6) is -0.310. The van der Waals surface area contributed by atoms with Crippen molar-refractivity contribution in [3.8, 4) is 5.75 Å². The molecule has 0 aliphatic carbocycles. The molecule has 2 aromatic rings. The zero-order valence-corrected chi connectivity index (χ0v) is 22.1. The summed E-state index contributed by atoms with van der Waals surface area (Å²) in [5, 5.41) is 0.0436. The van der Waals surface area contributed by atoms with Crippen LogP contribution < -0.4 is 4.43 Å². The van der Waals surface area contributed by atoms with E-state index in [1.807, 2.05) is 12.1 Å². The van der Waals surface area contributed by atoms with E-state index in [-0.39, 0.29) is 9.93 Å². The zero-order chi connectivity index (χ0) is 24.3. The fraction of sp³-hybridized carbons (Fsp3) is 0.480. The predicted octanol–water partition coefficient (Wildman–Crippen LogP) is 4.56. The van der Waals surface area contributed by atoms with E-state index in [1.54, 1.807) is 24.3 Å². The Hall–Kier alpha value is -2.00. The third kappa shape index (κ3) is 6.76. The molecule has 0 N–H and O–H groups in total. The number of morpholine rings is 1. The number of carbonyl (C=O) groups excluding carboxylic acids is 1. The average Bonchev–Trinajstić information content (AvgIpc) is 2.74. The molecule has 0 atom stereocenters. The predicted molar refractivity (Wildman–Crippen MR) is 133 cm³/mol. The Labute approximate surface area is 199 Å². The molecule has 0 aromatic heterocycles. The Morgan fingerprint density at radius 2 is 1.58 bits per heavy atom. The molecule has 33 heavy (non-hydrogen) atoms. The number of sulfone groups is 1. The minimum absolute atomic E-state index is 0.0436. The van der Waals surface area contributed by atoms with Crippen LogP contribution >= 0.6 is 0 Å². The summed E-state index contributed by atoms with van der Waals surface area (Å²) in [6.07, 6.45) is 0. The molecular weight excluding hydrogens is 454 g/mol. The third-order valence-corrected chi connectivity index (χ3v) is 12.5. The second-order valence-corrected chi connectivity index (χ2v) is 16.8. The van der Waals surface area contributed by atoms with Crippen molar-refractivity contribution in [2.24, 2.45) is 0 Å². The summed E-state index contributed by atoms with van der Waals surface area (Å²) in [6, 6.07) is 13.6. The van der Waals surface area contributed by atoms with Gasteiger partial charge in [-0.25, -0.2) is 8.42 Å². The molecule has 1 fully saturated rings. The van der Waals surface area contributed by atoms with Gasteiger partial charge in [0, 0.05) is 25.2 Å². The molecule has 0 saturated carbocycles. The summed E-state index contributed by atoms with van der Waals surface area (Å²) in [5.41, 5.74) is 1.50. The first-order valence-electron chi connectivity index (χ1n) is 11.3. The van der Waals surface area contributed by atoms with Crippen molar-refractivity contribution >= 4 is 23.9 Å². The van der Waals surface area contributed by atoms with Gasteiger partial charge < -0.3 is 9.16 Å². The van der Waals surface area contributed by atoms with Gasteiger partial charge >= 0.3 is 0 Å². The summed E-state index contributed by atoms with van der Waals surface area (Å²) < 4.78 is 37.2. The van der Waals surface area contributed by atoms with Crippen LogP contribution in [-0.2, 0) is 21.1 Å². The number of nitrogens with zero attached hydrogens (tertiary/aromatic N) is 1. The normalized spacial score (nSPS) is 15.9. The number of benzene rings is 2. The van der Waals surface area contributed by atoms with E-state index in [0.717, 1.165) is 38.4 Å². The Balaban J connectivity index is 1.63. The Morgan fingerprint density at radius 3 is 2.12 bits per heavy atom. The molecule has 0 bridgehead atoms. The fourth-order valence-electron chi connectivity index (χ4n) is 3.32. The van der Waals surface area contributed by atoms with Crippen LogP contribution in [0.3, 0.4) is 0 Å². The van der Waals surface area contributed by atoms with Crippen LogP contribution in [0.15, 0.2) is 53.4 Å². The number of ketones is 1. The molecule has 2 aromatic carbocycles. The van der Waals surface area contributed by atoms with Gasteiger partial charge in [0.1, 0.15) is 11.5 Å². The molecule has 8 heteroatoms. The summed E-state index contributed by atoms with van der Waals surface area (Å²) in [6.45, 7) is 14.8. The van der Waals surface area contributed by atoms with Gasteiger partial charge in [0.25, 0.3) is 0 Å². The first kappa shape index (κ1) is 25.6. The van der Waals surface area contributed by atoms with Crippen molar-refractivity contribution in [2.75, 3.05) is 32.1 Å². The largest absolute Gasteiger partial charge is 0.544 e. The SMILES string of the molecule is CC(C)(C)[Si](C)(C)Oc1ccc(S(=O)(=O)CC(=O)c2ccc(CN3CCOCC3)cc2)cc1. The van der Waals surface area contributed by atoms with Crippen molar-refractivity contribution in [2.45, 2.75) is 50.3 Å². The first-order chi connectivity index (χ1) is 15.4. The lowest BCUT2D eigenvalue weighted by Crippen LogP contribution is -2.43. The van der Waals surface area contributed by atoms with Gasteiger partial charge in [0.2, 0.25) is 8.32 Å². The zero-order valence-electron chi connectivity index (χ0n) is 20.3. The maximum Gasteiger partial charge on any atom is 0.250 e. The van der Waals surface area contributed by atoms with Gasteiger partial charge in [-0.15, -0.1) is 0 Å². The monoisotopic (exact) mass is 489 g/mol.